The zero-order chi connectivity index (χ0) is 14.2. The summed E-state index contributed by atoms with van der Waals surface area (Å²) < 4.78 is 3.48. The van der Waals surface area contributed by atoms with E-state index in [1.54, 1.807) is 28.4 Å². The summed E-state index contributed by atoms with van der Waals surface area (Å²) in [5.41, 5.74) is 2.81. The first-order valence-electron chi connectivity index (χ1n) is 6.00. The number of carbonyl (C=O) groups excluding carboxylic acids is 2. The SMILES string of the molecule is CC(=O)c1cc(NC(=O)c2cc(C)cn2C)cn1C. The molecule has 0 atom stereocenters. The quantitative estimate of drug-likeness (QED) is 0.858. The fraction of sp³-hybridized carbons (Fsp3) is 0.286. The topological polar surface area (TPSA) is 56.0 Å². The van der Waals surface area contributed by atoms with Crippen molar-refractivity contribution < 1.29 is 9.59 Å². The Morgan fingerprint density at radius 1 is 1.05 bits per heavy atom. The lowest BCUT2D eigenvalue weighted by Gasteiger charge is -2.03. The highest BCUT2D eigenvalue weighted by Gasteiger charge is 2.13. The Balaban J connectivity index is 2.22. The molecule has 0 spiro atoms. The maximum absolute atomic E-state index is 12.1. The number of hydrogen-bond acceptors (Lipinski definition) is 2. The summed E-state index contributed by atoms with van der Waals surface area (Å²) in [6.07, 6.45) is 3.62. The molecule has 0 unspecified atom stereocenters. The van der Waals surface area contributed by atoms with Crippen molar-refractivity contribution in [2.24, 2.45) is 14.1 Å². The molecule has 0 saturated heterocycles. The van der Waals surface area contributed by atoms with E-state index in [0.717, 1.165) is 5.56 Å². The van der Waals surface area contributed by atoms with Crippen LogP contribution in [0.2, 0.25) is 0 Å². The van der Waals surface area contributed by atoms with Crippen molar-refractivity contribution in [3.05, 3.63) is 41.5 Å². The van der Waals surface area contributed by atoms with Gasteiger partial charge in [0.25, 0.3) is 5.91 Å². The number of hydrogen-bond donors (Lipinski definition) is 1. The van der Waals surface area contributed by atoms with Gasteiger partial charge >= 0.3 is 0 Å². The van der Waals surface area contributed by atoms with Gasteiger partial charge in [0.2, 0.25) is 0 Å². The van der Waals surface area contributed by atoms with E-state index in [0.29, 0.717) is 17.1 Å². The average Bonchev–Trinajstić information content (AvgIpc) is 2.81. The lowest BCUT2D eigenvalue weighted by molar-refractivity contribution is 0.1000. The largest absolute Gasteiger partial charge is 0.346 e. The first-order chi connectivity index (χ1) is 8.88. The van der Waals surface area contributed by atoms with Gasteiger partial charge < -0.3 is 14.5 Å². The van der Waals surface area contributed by atoms with Gasteiger partial charge in [-0.05, 0) is 24.6 Å². The van der Waals surface area contributed by atoms with E-state index in [9.17, 15) is 9.59 Å². The van der Waals surface area contributed by atoms with Crippen molar-refractivity contribution in [3.63, 3.8) is 0 Å². The van der Waals surface area contributed by atoms with E-state index < -0.39 is 0 Å². The molecule has 0 saturated carbocycles. The Morgan fingerprint density at radius 3 is 2.16 bits per heavy atom. The van der Waals surface area contributed by atoms with Gasteiger partial charge in [0.15, 0.2) is 5.78 Å². The van der Waals surface area contributed by atoms with Crippen LogP contribution in [-0.2, 0) is 14.1 Å². The minimum absolute atomic E-state index is 0.0299. The van der Waals surface area contributed by atoms with Gasteiger partial charge in [-0.3, -0.25) is 9.59 Å². The Bertz CT molecular complexity index is 650. The zero-order valence-electron chi connectivity index (χ0n) is 11.5. The van der Waals surface area contributed by atoms with Crippen molar-refractivity contribution in [3.8, 4) is 0 Å². The van der Waals surface area contributed by atoms with Crippen LogP contribution >= 0.6 is 0 Å². The van der Waals surface area contributed by atoms with Gasteiger partial charge in [0.1, 0.15) is 5.69 Å². The molecule has 0 aliphatic rings. The minimum atomic E-state index is -0.184. The highest BCUT2D eigenvalue weighted by atomic mass is 16.2. The molecule has 2 aromatic heterocycles. The van der Waals surface area contributed by atoms with Crippen LogP contribution in [0.5, 0.6) is 0 Å². The third kappa shape index (κ3) is 2.59. The van der Waals surface area contributed by atoms with Crippen LogP contribution < -0.4 is 5.32 Å². The number of ketones is 1. The molecule has 5 nitrogen and oxygen atoms in total. The molecule has 0 radical (unpaired) electrons. The highest BCUT2D eigenvalue weighted by Crippen LogP contribution is 2.15. The average molecular weight is 259 g/mol. The molecule has 2 rings (SSSR count). The fourth-order valence-corrected chi connectivity index (χ4v) is 2.13. The number of nitrogens with one attached hydrogen (secondary N) is 1. The summed E-state index contributed by atoms with van der Waals surface area (Å²) in [5.74, 6) is -0.214. The van der Waals surface area contributed by atoms with Gasteiger partial charge in [0, 0.05) is 33.4 Å². The summed E-state index contributed by atoms with van der Waals surface area (Å²) in [7, 11) is 3.60. The van der Waals surface area contributed by atoms with Crippen molar-refractivity contribution in [2.45, 2.75) is 13.8 Å². The van der Waals surface area contributed by atoms with Crippen LogP contribution in [0.1, 0.15) is 33.5 Å². The van der Waals surface area contributed by atoms with E-state index in [4.69, 9.17) is 0 Å². The molecular weight excluding hydrogens is 242 g/mol. The number of rotatable bonds is 3. The summed E-state index contributed by atoms with van der Waals surface area (Å²) >= 11 is 0. The normalized spacial score (nSPS) is 10.5. The summed E-state index contributed by atoms with van der Waals surface area (Å²) in [6, 6.07) is 3.50. The Morgan fingerprint density at radius 2 is 1.68 bits per heavy atom. The third-order valence-electron chi connectivity index (χ3n) is 3.00. The molecular formula is C14H17N3O2. The molecule has 0 aliphatic carbocycles. The summed E-state index contributed by atoms with van der Waals surface area (Å²) in [6.45, 7) is 3.44. The molecule has 1 N–H and O–H groups in total. The predicted octanol–water partition coefficient (Wildman–Crippen LogP) is 2.13. The van der Waals surface area contributed by atoms with Gasteiger partial charge in [-0.15, -0.1) is 0 Å². The third-order valence-corrected chi connectivity index (χ3v) is 3.00. The van der Waals surface area contributed by atoms with Crippen LogP contribution in [0.3, 0.4) is 0 Å². The fourth-order valence-electron chi connectivity index (χ4n) is 2.13. The number of aryl methyl sites for hydroxylation is 3. The molecule has 0 aliphatic heterocycles. The van der Waals surface area contributed by atoms with Gasteiger partial charge in [-0.1, -0.05) is 0 Å². The van der Waals surface area contributed by atoms with E-state index >= 15 is 0 Å². The van der Waals surface area contributed by atoms with E-state index in [2.05, 4.69) is 5.32 Å². The maximum Gasteiger partial charge on any atom is 0.272 e. The smallest absolute Gasteiger partial charge is 0.272 e. The second-order valence-electron chi connectivity index (χ2n) is 4.75. The van der Waals surface area contributed by atoms with Gasteiger partial charge in [0.05, 0.1) is 11.4 Å². The molecule has 0 fully saturated rings. The minimum Gasteiger partial charge on any atom is -0.346 e. The van der Waals surface area contributed by atoms with E-state index in [1.807, 2.05) is 26.2 Å². The molecule has 19 heavy (non-hydrogen) atoms. The molecule has 1 amide bonds. The predicted molar refractivity (Wildman–Crippen MR) is 73.5 cm³/mol. The van der Waals surface area contributed by atoms with Crippen LogP contribution in [0.4, 0.5) is 5.69 Å². The first-order valence-corrected chi connectivity index (χ1v) is 6.00. The molecule has 0 aromatic carbocycles. The van der Waals surface area contributed by atoms with E-state index in [1.165, 1.54) is 6.92 Å². The number of amides is 1. The molecule has 100 valence electrons. The van der Waals surface area contributed by atoms with Crippen LogP contribution in [0, 0.1) is 6.92 Å². The van der Waals surface area contributed by atoms with Gasteiger partial charge in [-0.25, -0.2) is 0 Å². The van der Waals surface area contributed by atoms with Crippen molar-refractivity contribution in [1.29, 1.82) is 0 Å². The highest BCUT2D eigenvalue weighted by molar-refractivity contribution is 6.04. The number of anilines is 1. The number of carbonyl (C=O) groups is 2. The Kier molecular flexibility index (Phi) is 3.29. The Hall–Kier alpha value is -2.30. The Labute approximate surface area is 111 Å². The molecule has 5 heteroatoms. The second-order valence-corrected chi connectivity index (χ2v) is 4.75. The second kappa shape index (κ2) is 4.76. The summed E-state index contributed by atoms with van der Waals surface area (Å²) in [4.78, 5) is 23.5. The maximum atomic E-state index is 12.1. The van der Waals surface area contributed by atoms with Crippen molar-refractivity contribution >= 4 is 17.4 Å². The lowest BCUT2D eigenvalue weighted by atomic mass is 10.3. The first kappa shape index (κ1) is 13.1. The molecule has 2 heterocycles. The van der Waals surface area contributed by atoms with Crippen LogP contribution in [0.15, 0.2) is 24.5 Å². The van der Waals surface area contributed by atoms with Crippen molar-refractivity contribution in [1.82, 2.24) is 9.13 Å². The number of aromatic nitrogens is 2. The molecule has 2 aromatic rings. The monoisotopic (exact) mass is 259 g/mol. The van der Waals surface area contributed by atoms with Crippen LogP contribution in [0.25, 0.3) is 0 Å². The summed E-state index contributed by atoms with van der Waals surface area (Å²) in [5, 5.41) is 2.80. The lowest BCUT2D eigenvalue weighted by Crippen LogP contribution is -2.14. The van der Waals surface area contributed by atoms with Crippen molar-refractivity contribution in [2.75, 3.05) is 5.32 Å². The molecule has 0 bridgehead atoms. The zero-order valence-corrected chi connectivity index (χ0v) is 11.5. The van der Waals surface area contributed by atoms with Crippen LogP contribution in [-0.4, -0.2) is 20.8 Å². The standard InChI is InChI=1S/C14H17N3O2/c1-9-5-13(16(3)7-9)14(19)15-11-6-12(10(2)18)17(4)8-11/h5-8H,1-4H3,(H,15,19). The van der Waals surface area contributed by atoms with E-state index in [-0.39, 0.29) is 11.7 Å². The van der Waals surface area contributed by atoms with Gasteiger partial charge in [-0.2, -0.15) is 0 Å². The number of Topliss-reactive ketones (excluding diaryl/α,β-unsaturated/α-hetero) is 1. The number of nitrogens with zero attached hydrogens (tertiary/aromatic N) is 2.